The van der Waals surface area contributed by atoms with Crippen LogP contribution in [0, 0.1) is 30.6 Å². The number of amides is 3. The largest absolute Gasteiger partial charge is 0.294 e. The number of carbonyl (C=O) groups excluding carboxylic acids is 3. The van der Waals surface area contributed by atoms with Crippen LogP contribution >= 0.6 is 0 Å². The standard InChI is InChI=1S/C28H38N4O4.C7H8O3S/c1-20(2)17-25(24(28(35)31-36)12-8-11-22-9-6-5-7-10-22)27(34)30-32(19-21(3)4)26(33)18-23-13-15-29-16-14-23;1-6-2-4-7(5-3-6)11(8,9)10/h5-11,13-16,20-21,24-25,36H,12,17-19H2,1-4H3,(H,30,34)(H,31,35);2-5H,1H3,(H,8,9,10)/t24-,25+;/m0./s1. The molecule has 0 radical (unpaired) electrons. The van der Waals surface area contributed by atoms with Gasteiger partial charge >= 0.3 is 0 Å². The number of hydrazine groups is 1. The maximum absolute atomic E-state index is 13.5. The van der Waals surface area contributed by atoms with Crippen LogP contribution in [0.15, 0.2) is 90.1 Å². The van der Waals surface area contributed by atoms with E-state index in [-0.39, 0.29) is 35.5 Å². The van der Waals surface area contributed by atoms with Gasteiger partial charge in [0.25, 0.3) is 10.1 Å². The van der Waals surface area contributed by atoms with Crippen molar-refractivity contribution in [1.82, 2.24) is 20.9 Å². The molecule has 0 saturated heterocycles. The van der Waals surface area contributed by atoms with E-state index in [1.807, 2.05) is 77.1 Å². The van der Waals surface area contributed by atoms with Crippen LogP contribution in [0.1, 0.15) is 57.2 Å². The topological polar surface area (TPSA) is 166 Å². The molecular formula is C35H46N4O7S. The van der Waals surface area contributed by atoms with Crippen molar-refractivity contribution < 1.29 is 32.6 Å². The van der Waals surface area contributed by atoms with Crippen molar-refractivity contribution in [3.8, 4) is 0 Å². The molecule has 254 valence electrons. The van der Waals surface area contributed by atoms with E-state index in [0.717, 1.165) is 16.7 Å². The molecule has 0 aliphatic heterocycles. The molecule has 2 aromatic carbocycles. The number of benzene rings is 2. The fraction of sp³-hybridized carbons (Fsp3) is 0.371. The Bertz CT molecular complexity index is 1550. The monoisotopic (exact) mass is 666 g/mol. The highest BCUT2D eigenvalue weighted by Gasteiger charge is 2.35. The molecular weight excluding hydrogens is 620 g/mol. The number of aromatic nitrogens is 1. The SMILES string of the molecule is CC(C)C[C@@H](C(=O)NN(CC(C)C)C(=O)Cc1ccncc1)[C@H](CC=Cc1ccccc1)C(=O)NO.Cc1ccc(S(=O)(=O)O)cc1. The summed E-state index contributed by atoms with van der Waals surface area (Å²) in [6.07, 6.45) is 7.73. The second-order valence-corrected chi connectivity index (χ2v) is 13.5. The maximum Gasteiger partial charge on any atom is 0.294 e. The van der Waals surface area contributed by atoms with Crippen molar-refractivity contribution in [2.45, 2.75) is 58.8 Å². The number of allylic oxidation sites excluding steroid dienone is 1. The number of aryl methyl sites for hydroxylation is 1. The van der Waals surface area contributed by atoms with E-state index in [4.69, 9.17) is 4.55 Å². The van der Waals surface area contributed by atoms with Crippen LogP contribution in [0.3, 0.4) is 0 Å². The third-order valence-electron chi connectivity index (χ3n) is 7.01. The average molecular weight is 667 g/mol. The zero-order valence-electron chi connectivity index (χ0n) is 27.5. The predicted octanol–water partition coefficient (Wildman–Crippen LogP) is 5.27. The minimum Gasteiger partial charge on any atom is -0.289 e. The van der Waals surface area contributed by atoms with Gasteiger partial charge in [-0.3, -0.25) is 39.6 Å². The molecule has 0 spiro atoms. The van der Waals surface area contributed by atoms with Gasteiger partial charge in [0.05, 0.1) is 23.2 Å². The number of hydroxylamine groups is 1. The summed E-state index contributed by atoms with van der Waals surface area (Å²) in [6.45, 7) is 10.0. The summed E-state index contributed by atoms with van der Waals surface area (Å²) in [5, 5.41) is 10.8. The van der Waals surface area contributed by atoms with Gasteiger partial charge in [-0.25, -0.2) is 5.48 Å². The lowest BCUT2D eigenvalue weighted by Crippen LogP contribution is -2.52. The third-order valence-corrected chi connectivity index (χ3v) is 7.88. The van der Waals surface area contributed by atoms with Gasteiger partial charge in [0.1, 0.15) is 0 Å². The van der Waals surface area contributed by atoms with Gasteiger partial charge in [0.2, 0.25) is 17.7 Å². The van der Waals surface area contributed by atoms with Gasteiger partial charge in [-0.2, -0.15) is 8.42 Å². The number of nitrogens with one attached hydrogen (secondary N) is 2. The average Bonchev–Trinajstić information content (AvgIpc) is 3.02. The quantitative estimate of drug-likeness (QED) is 0.109. The second kappa shape index (κ2) is 19.3. The Morgan fingerprint density at radius 2 is 1.49 bits per heavy atom. The first kappa shape index (κ1) is 38.8. The Labute approximate surface area is 277 Å². The highest BCUT2D eigenvalue weighted by molar-refractivity contribution is 7.85. The molecule has 0 bridgehead atoms. The summed E-state index contributed by atoms with van der Waals surface area (Å²) in [4.78, 5) is 43.2. The lowest BCUT2D eigenvalue weighted by molar-refractivity contribution is -0.147. The Morgan fingerprint density at radius 1 is 0.872 bits per heavy atom. The van der Waals surface area contributed by atoms with Gasteiger partial charge in [0, 0.05) is 18.9 Å². The summed E-state index contributed by atoms with van der Waals surface area (Å²) in [5.41, 5.74) is 7.22. The van der Waals surface area contributed by atoms with Crippen LogP contribution in [-0.2, 0) is 30.9 Å². The van der Waals surface area contributed by atoms with Gasteiger partial charge in [-0.15, -0.1) is 0 Å². The second-order valence-electron chi connectivity index (χ2n) is 12.1. The highest BCUT2D eigenvalue weighted by atomic mass is 32.2. The van der Waals surface area contributed by atoms with Crippen LogP contribution < -0.4 is 10.9 Å². The summed E-state index contributed by atoms with van der Waals surface area (Å²) in [6, 6.07) is 19.1. The van der Waals surface area contributed by atoms with Gasteiger partial charge in [-0.05, 0) is 67.0 Å². The Morgan fingerprint density at radius 3 is 2.02 bits per heavy atom. The normalized spacial score (nSPS) is 12.6. The fourth-order valence-electron chi connectivity index (χ4n) is 4.69. The number of hydrogen-bond acceptors (Lipinski definition) is 7. The van der Waals surface area contributed by atoms with Crippen LogP contribution in [0.5, 0.6) is 0 Å². The van der Waals surface area contributed by atoms with Crippen molar-refractivity contribution in [2.75, 3.05) is 6.54 Å². The van der Waals surface area contributed by atoms with E-state index in [0.29, 0.717) is 13.0 Å². The summed E-state index contributed by atoms with van der Waals surface area (Å²) < 4.78 is 29.6. The molecule has 3 aromatic rings. The smallest absolute Gasteiger partial charge is 0.289 e. The van der Waals surface area contributed by atoms with E-state index >= 15 is 0 Å². The third kappa shape index (κ3) is 14.3. The molecule has 1 aromatic heterocycles. The van der Waals surface area contributed by atoms with Crippen molar-refractivity contribution in [3.05, 3.63) is 102 Å². The molecule has 1 heterocycles. The molecule has 0 saturated carbocycles. The van der Waals surface area contributed by atoms with Crippen LogP contribution in [-0.4, -0.2) is 52.4 Å². The van der Waals surface area contributed by atoms with E-state index in [2.05, 4.69) is 10.4 Å². The first-order chi connectivity index (χ1) is 22.2. The number of pyridine rings is 1. The van der Waals surface area contributed by atoms with Crippen molar-refractivity contribution in [1.29, 1.82) is 0 Å². The van der Waals surface area contributed by atoms with Crippen molar-refractivity contribution >= 4 is 33.9 Å². The molecule has 0 unspecified atom stereocenters. The minimum atomic E-state index is -4.02. The van der Waals surface area contributed by atoms with Gasteiger partial charge < -0.3 is 0 Å². The number of nitrogens with zero attached hydrogens (tertiary/aromatic N) is 2. The first-order valence-corrected chi connectivity index (χ1v) is 16.8. The number of hydrogen-bond donors (Lipinski definition) is 4. The molecule has 2 atom stereocenters. The van der Waals surface area contributed by atoms with E-state index < -0.39 is 33.8 Å². The van der Waals surface area contributed by atoms with E-state index in [9.17, 15) is 28.0 Å². The lowest BCUT2D eigenvalue weighted by atomic mass is 9.82. The molecule has 47 heavy (non-hydrogen) atoms. The number of carbonyl (C=O) groups is 3. The fourth-order valence-corrected chi connectivity index (χ4v) is 5.17. The van der Waals surface area contributed by atoms with Crippen LogP contribution in [0.2, 0.25) is 0 Å². The molecule has 11 nitrogen and oxygen atoms in total. The minimum absolute atomic E-state index is 0.0666. The van der Waals surface area contributed by atoms with Crippen LogP contribution in [0.25, 0.3) is 6.08 Å². The first-order valence-electron chi connectivity index (χ1n) is 15.4. The Balaban J connectivity index is 0.000000587. The van der Waals surface area contributed by atoms with Crippen molar-refractivity contribution in [3.63, 3.8) is 0 Å². The lowest BCUT2D eigenvalue weighted by Gasteiger charge is -2.30. The van der Waals surface area contributed by atoms with Gasteiger partial charge in [-0.1, -0.05) is 87.9 Å². The van der Waals surface area contributed by atoms with E-state index in [1.54, 1.807) is 42.1 Å². The zero-order chi connectivity index (χ0) is 35.0. The summed E-state index contributed by atoms with van der Waals surface area (Å²) >= 11 is 0. The molecule has 0 fully saturated rings. The van der Waals surface area contributed by atoms with Crippen LogP contribution in [0.4, 0.5) is 0 Å². The Hall–Kier alpha value is -4.39. The molecule has 12 heteroatoms. The van der Waals surface area contributed by atoms with Gasteiger partial charge in [0.15, 0.2) is 0 Å². The molecule has 3 amide bonds. The van der Waals surface area contributed by atoms with E-state index in [1.165, 1.54) is 17.1 Å². The highest BCUT2D eigenvalue weighted by Crippen LogP contribution is 2.26. The zero-order valence-corrected chi connectivity index (χ0v) is 28.4. The Kier molecular flexibility index (Phi) is 15.9. The molecule has 0 aliphatic rings. The predicted molar refractivity (Wildman–Crippen MR) is 180 cm³/mol. The number of rotatable bonds is 13. The molecule has 3 rings (SSSR count). The molecule has 0 aliphatic carbocycles. The molecule has 4 N–H and O–H groups in total. The summed E-state index contributed by atoms with van der Waals surface area (Å²) in [7, 11) is -4.02. The maximum atomic E-state index is 13.5. The van der Waals surface area contributed by atoms with Crippen molar-refractivity contribution in [2.24, 2.45) is 23.7 Å². The summed E-state index contributed by atoms with van der Waals surface area (Å²) in [5.74, 6) is -2.64.